The number of hydrogen-bond acceptors (Lipinski definition) is 6. The Labute approximate surface area is 71.8 Å². The highest BCUT2D eigenvalue weighted by Crippen LogP contribution is 2.39. The minimum Gasteiger partial charge on any atom is -0.392 e. The average Bonchev–Trinajstić information content (AvgIpc) is 2.04. The van der Waals surface area contributed by atoms with Gasteiger partial charge in [0.2, 0.25) is 0 Å². The SMILES string of the molecule is O=C1CCC2(C(=O)O1)C(=O)OC2=O. The van der Waals surface area contributed by atoms with Crippen LogP contribution < -0.4 is 0 Å². The first-order valence-corrected chi connectivity index (χ1v) is 3.59. The van der Waals surface area contributed by atoms with E-state index in [-0.39, 0.29) is 12.8 Å². The molecule has 2 aliphatic rings. The summed E-state index contributed by atoms with van der Waals surface area (Å²) in [5.41, 5.74) is -1.83. The summed E-state index contributed by atoms with van der Waals surface area (Å²) in [4.78, 5) is 43.4. The summed E-state index contributed by atoms with van der Waals surface area (Å²) >= 11 is 0. The van der Waals surface area contributed by atoms with Gasteiger partial charge in [-0.3, -0.25) is 4.79 Å². The fraction of sp³-hybridized carbons (Fsp3) is 0.429. The Kier molecular flexibility index (Phi) is 1.31. The molecule has 0 aromatic rings. The Balaban J connectivity index is 2.33. The predicted molar refractivity (Wildman–Crippen MR) is 33.9 cm³/mol. The highest BCUT2D eigenvalue weighted by Gasteiger charge is 2.67. The molecule has 0 radical (unpaired) electrons. The molecule has 0 aliphatic carbocycles. The van der Waals surface area contributed by atoms with Gasteiger partial charge in [-0.1, -0.05) is 0 Å². The number of ether oxygens (including phenoxy) is 2. The van der Waals surface area contributed by atoms with Crippen molar-refractivity contribution in [2.24, 2.45) is 5.41 Å². The molecule has 0 atom stereocenters. The van der Waals surface area contributed by atoms with E-state index in [4.69, 9.17) is 0 Å². The molecule has 6 heteroatoms. The molecule has 0 amide bonds. The second kappa shape index (κ2) is 2.15. The van der Waals surface area contributed by atoms with Crippen molar-refractivity contribution in [3.8, 4) is 0 Å². The van der Waals surface area contributed by atoms with Crippen molar-refractivity contribution < 1.29 is 28.7 Å². The molecule has 0 unspecified atom stereocenters. The van der Waals surface area contributed by atoms with Crippen LogP contribution in [0.2, 0.25) is 0 Å². The maximum Gasteiger partial charge on any atom is 0.342 e. The zero-order valence-electron chi connectivity index (χ0n) is 6.36. The highest BCUT2D eigenvalue weighted by molar-refractivity contribution is 6.29. The van der Waals surface area contributed by atoms with Crippen molar-refractivity contribution in [1.82, 2.24) is 0 Å². The third-order valence-corrected chi connectivity index (χ3v) is 2.14. The standard InChI is InChI=1S/C7H4O6/c8-3-1-2-7(4(9)12-3)5(10)13-6(7)11/h1-2H2. The van der Waals surface area contributed by atoms with Gasteiger partial charge in [0.15, 0.2) is 0 Å². The molecule has 2 saturated heterocycles. The normalized spacial score (nSPS) is 25.2. The van der Waals surface area contributed by atoms with Crippen LogP contribution in [-0.2, 0) is 28.7 Å². The summed E-state index contributed by atoms with van der Waals surface area (Å²) in [5.74, 6) is -3.67. The van der Waals surface area contributed by atoms with Crippen LogP contribution in [0.5, 0.6) is 0 Å². The quantitative estimate of drug-likeness (QED) is 0.351. The molecule has 13 heavy (non-hydrogen) atoms. The number of rotatable bonds is 0. The molecule has 0 saturated carbocycles. The van der Waals surface area contributed by atoms with E-state index in [0.717, 1.165) is 0 Å². The molecule has 2 aliphatic heterocycles. The Morgan fingerprint density at radius 1 is 0.923 bits per heavy atom. The van der Waals surface area contributed by atoms with E-state index in [2.05, 4.69) is 9.47 Å². The van der Waals surface area contributed by atoms with Gasteiger partial charge in [-0.2, -0.15) is 0 Å². The molecule has 2 heterocycles. The van der Waals surface area contributed by atoms with Gasteiger partial charge >= 0.3 is 23.9 Å². The summed E-state index contributed by atoms with van der Waals surface area (Å²) in [6.45, 7) is 0. The summed E-state index contributed by atoms with van der Waals surface area (Å²) in [6.07, 6.45) is -0.255. The zero-order valence-corrected chi connectivity index (χ0v) is 6.36. The van der Waals surface area contributed by atoms with E-state index in [9.17, 15) is 19.2 Å². The van der Waals surface area contributed by atoms with E-state index in [1.54, 1.807) is 0 Å². The third-order valence-electron chi connectivity index (χ3n) is 2.14. The average molecular weight is 184 g/mol. The van der Waals surface area contributed by atoms with Gasteiger partial charge in [0, 0.05) is 6.42 Å². The van der Waals surface area contributed by atoms with Crippen LogP contribution in [0.3, 0.4) is 0 Å². The smallest absolute Gasteiger partial charge is 0.342 e. The van der Waals surface area contributed by atoms with Crippen LogP contribution in [-0.4, -0.2) is 23.9 Å². The molecule has 2 rings (SSSR count). The molecule has 6 nitrogen and oxygen atoms in total. The fourth-order valence-electron chi connectivity index (χ4n) is 1.30. The van der Waals surface area contributed by atoms with Crippen molar-refractivity contribution in [3.63, 3.8) is 0 Å². The first-order valence-electron chi connectivity index (χ1n) is 3.59. The van der Waals surface area contributed by atoms with Gasteiger partial charge in [-0.05, 0) is 6.42 Å². The fourth-order valence-corrected chi connectivity index (χ4v) is 1.30. The number of cyclic esters (lactones) is 4. The molecule has 68 valence electrons. The lowest BCUT2D eigenvalue weighted by atomic mass is 9.78. The monoisotopic (exact) mass is 184 g/mol. The Morgan fingerprint density at radius 2 is 1.46 bits per heavy atom. The molecule has 0 N–H and O–H groups in total. The number of carbonyl (C=O) groups is 4. The molecule has 0 bridgehead atoms. The Hall–Kier alpha value is -1.72. The lowest BCUT2D eigenvalue weighted by Gasteiger charge is -2.35. The maximum absolute atomic E-state index is 11.1. The number of esters is 4. The topological polar surface area (TPSA) is 86.7 Å². The van der Waals surface area contributed by atoms with Gasteiger partial charge in [0.25, 0.3) is 5.41 Å². The Morgan fingerprint density at radius 3 is 1.92 bits per heavy atom. The lowest BCUT2D eigenvalue weighted by Crippen LogP contribution is -2.61. The van der Waals surface area contributed by atoms with Crippen molar-refractivity contribution in [2.45, 2.75) is 12.8 Å². The minimum atomic E-state index is -1.83. The summed E-state index contributed by atoms with van der Waals surface area (Å²) < 4.78 is 8.23. The van der Waals surface area contributed by atoms with Gasteiger partial charge in [-0.15, -0.1) is 0 Å². The first kappa shape index (κ1) is 7.90. The van der Waals surface area contributed by atoms with Crippen molar-refractivity contribution >= 4 is 23.9 Å². The largest absolute Gasteiger partial charge is 0.392 e. The predicted octanol–water partition coefficient (Wildman–Crippen LogP) is -1.08. The van der Waals surface area contributed by atoms with Crippen molar-refractivity contribution in [2.75, 3.05) is 0 Å². The minimum absolute atomic E-state index is 0.118. The molecule has 0 aromatic carbocycles. The molecular weight excluding hydrogens is 180 g/mol. The van der Waals surface area contributed by atoms with Crippen LogP contribution >= 0.6 is 0 Å². The van der Waals surface area contributed by atoms with Crippen LogP contribution in [0.25, 0.3) is 0 Å². The van der Waals surface area contributed by atoms with E-state index in [1.807, 2.05) is 0 Å². The summed E-state index contributed by atoms with van der Waals surface area (Å²) in [6, 6.07) is 0. The van der Waals surface area contributed by atoms with Gasteiger partial charge in [-0.25, -0.2) is 14.4 Å². The number of carbonyl (C=O) groups excluding carboxylic acids is 4. The summed E-state index contributed by atoms with van der Waals surface area (Å²) in [7, 11) is 0. The maximum atomic E-state index is 11.1. The molecule has 1 spiro atoms. The summed E-state index contributed by atoms with van der Waals surface area (Å²) in [5, 5.41) is 0. The second-order valence-electron chi connectivity index (χ2n) is 2.84. The van der Waals surface area contributed by atoms with Gasteiger partial charge < -0.3 is 9.47 Å². The van der Waals surface area contributed by atoms with Gasteiger partial charge in [0.1, 0.15) is 0 Å². The number of hydrogen-bond donors (Lipinski definition) is 0. The van der Waals surface area contributed by atoms with Crippen LogP contribution in [0, 0.1) is 5.41 Å². The van der Waals surface area contributed by atoms with Crippen LogP contribution in [0.1, 0.15) is 12.8 Å². The van der Waals surface area contributed by atoms with Crippen LogP contribution in [0.15, 0.2) is 0 Å². The van der Waals surface area contributed by atoms with Gasteiger partial charge in [0.05, 0.1) is 0 Å². The van der Waals surface area contributed by atoms with E-state index in [0.29, 0.717) is 0 Å². The molecular formula is C7H4O6. The third kappa shape index (κ3) is 0.769. The molecule has 2 fully saturated rings. The van der Waals surface area contributed by atoms with E-state index >= 15 is 0 Å². The second-order valence-corrected chi connectivity index (χ2v) is 2.84. The Bertz CT molecular complexity index is 327. The van der Waals surface area contributed by atoms with E-state index in [1.165, 1.54) is 0 Å². The van der Waals surface area contributed by atoms with Crippen molar-refractivity contribution in [3.05, 3.63) is 0 Å². The molecule has 0 aromatic heterocycles. The van der Waals surface area contributed by atoms with Crippen molar-refractivity contribution in [1.29, 1.82) is 0 Å². The van der Waals surface area contributed by atoms with E-state index < -0.39 is 29.3 Å². The highest BCUT2D eigenvalue weighted by atomic mass is 16.6. The zero-order chi connectivity index (χ0) is 9.64. The lowest BCUT2D eigenvalue weighted by molar-refractivity contribution is -0.208. The van der Waals surface area contributed by atoms with Crippen LogP contribution in [0.4, 0.5) is 0 Å². The first-order chi connectivity index (χ1) is 6.07.